The van der Waals surface area contributed by atoms with Crippen LogP contribution in [0.5, 0.6) is 0 Å². The fourth-order valence-corrected chi connectivity index (χ4v) is 2.74. The first-order valence-corrected chi connectivity index (χ1v) is 7.42. The van der Waals surface area contributed by atoms with Crippen LogP contribution in [0.15, 0.2) is 30.3 Å². The van der Waals surface area contributed by atoms with Gasteiger partial charge in [-0.2, -0.15) is 0 Å². The van der Waals surface area contributed by atoms with Gasteiger partial charge in [-0.1, -0.05) is 30.3 Å². The van der Waals surface area contributed by atoms with E-state index >= 15 is 0 Å². The first kappa shape index (κ1) is 16.7. The summed E-state index contributed by atoms with van der Waals surface area (Å²) in [6.45, 7) is -0.142. The van der Waals surface area contributed by atoms with Crippen molar-refractivity contribution < 1.29 is 23.4 Å². The molecule has 0 aliphatic heterocycles. The predicted molar refractivity (Wildman–Crippen MR) is 77.5 cm³/mol. The molecule has 22 heavy (non-hydrogen) atoms. The second kappa shape index (κ2) is 7.54. The highest BCUT2D eigenvalue weighted by molar-refractivity contribution is 5.68. The number of nitrogens with one attached hydrogen (secondary N) is 1. The molecular formula is C16H21F2NO3. The lowest BCUT2D eigenvalue weighted by Crippen LogP contribution is -2.53. The molecule has 1 amide bonds. The van der Waals surface area contributed by atoms with E-state index in [1.807, 2.05) is 30.3 Å². The predicted octanol–water partition coefficient (Wildman–Crippen LogP) is 3.10. The van der Waals surface area contributed by atoms with E-state index in [1.165, 1.54) is 0 Å². The number of alkyl carbamates (subject to hydrolysis) is 1. The molecule has 0 saturated heterocycles. The molecule has 1 aliphatic rings. The number of aliphatic hydroxyl groups is 1. The minimum Gasteiger partial charge on any atom is -0.445 e. The lowest BCUT2D eigenvalue weighted by atomic mass is 9.77. The molecule has 1 aromatic rings. The van der Waals surface area contributed by atoms with Crippen molar-refractivity contribution in [2.24, 2.45) is 5.92 Å². The van der Waals surface area contributed by atoms with Gasteiger partial charge in [-0.05, 0) is 31.2 Å². The van der Waals surface area contributed by atoms with E-state index in [-0.39, 0.29) is 26.1 Å². The molecule has 0 spiro atoms. The number of carbonyl (C=O) groups excluding carboxylic acids is 1. The highest BCUT2D eigenvalue weighted by Gasteiger charge is 2.39. The highest BCUT2D eigenvalue weighted by Crippen LogP contribution is 2.35. The normalized spacial score (nSPS) is 25.0. The van der Waals surface area contributed by atoms with Gasteiger partial charge in [-0.15, -0.1) is 0 Å². The summed E-state index contributed by atoms with van der Waals surface area (Å²) in [5.74, 6) is -0.651. The van der Waals surface area contributed by atoms with Crippen LogP contribution in [0.1, 0.15) is 31.2 Å². The van der Waals surface area contributed by atoms with Crippen LogP contribution in [0.3, 0.4) is 0 Å². The maximum Gasteiger partial charge on any atom is 0.407 e. The summed E-state index contributed by atoms with van der Waals surface area (Å²) in [7, 11) is 0. The average molecular weight is 313 g/mol. The minimum absolute atomic E-state index is 0.133. The second-order valence-corrected chi connectivity index (χ2v) is 5.80. The topological polar surface area (TPSA) is 58.6 Å². The van der Waals surface area contributed by atoms with Crippen molar-refractivity contribution in [3.05, 3.63) is 35.9 Å². The van der Waals surface area contributed by atoms with Crippen LogP contribution in [-0.4, -0.2) is 29.8 Å². The number of hydrogen-bond donors (Lipinski definition) is 2. The van der Waals surface area contributed by atoms with E-state index in [9.17, 15) is 18.7 Å². The van der Waals surface area contributed by atoms with E-state index in [4.69, 9.17) is 4.74 Å². The molecule has 0 heterocycles. The van der Waals surface area contributed by atoms with Crippen molar-refractivity contribution in [2.45, 2.75) is 44.3 Å². The van der Waals surface area contributed by atoms with Crippen LogP contribution in [0, 0.1) is 5.92 Å². The number of carbonyl (C=O) groups is 1. The van der Waals surface area contributed by atoms with Gasteiger partial charge in [0.1, 0.15) is 6.61 Å². The van der Waals surface area contributed by atoms with Gasteiger partial charge in [0.05, 0.1) is 12.1 Å². The average Bonchev–Trinajstić information content (AvgIpc) is 2.54. The van der Waals surface area contributed by atoms with Gasteiger partial charge in [-0.3, -0.25) is 0 Å². The Bertz CT molecular complexity index is 474. The largest absolute Gasteiger partial charge is 0.445 e. The third kappa shape index (κ3) is 4.40. The molecule has 122 valence electrons. The first-order chi connectivity index (χ1) is 10.5. The van der Waals surface area contributed by atoms with Crippen LogP contribution < -0.4 is 5.32 Å². The number of aliphatic hydroxyl groups excluding tert-OH is 1. The summed E-state index contributed by atoms with van der Waals surface area (Å²) in [6, 6.07) is 9.23. The molecule has 0 atom stereocenters. The van der Waals surface area contributed by atoms with E-state index in [0.717, 1.165) is 5.56 Å². The fourth-order valence-electron chi connectivity index (χ4n) is 2.74. The van der Waals surface area contributed by atoms with Gasteiger partial charge >= 0.3 is 6.09 Å². The molecule has 1 aromatic carbocycles. The van der Waals surface area contributed by atoms with Crippen LogP contribution in [-0.2, 0) is 11.3 Å². The smallest absolute Gasteiger partial charge is 0.407 e. The Labute approximate surface area is 128 Å². The van der Waals surface area contributed by atoms with E-state index in [1.54, 1.807) is 0 Å². The second-order valence-electron chi connectivity index (χ2n) is 5.80. The Morgan fingerprint density at radius 3 is 2.50 bits per heavy atom. The number of halogens is 2. The Kier molecular flexibility index (Phi) is 5.71. The fraction of sp³-hybridized carbons (Fsp3) is 0.562. The van der Waals surface area contributed by atoms with Crippen molar-refractivity contribution in [1.82, 2.24) is 5.32 Å². The summed E-state index contributed by atoms with van der Waals surface area (Å²) < 4.78 is 30.5. The maximum absolute atomic E-state index is 12.7. The molecule has 1 fully saturated rings. The zero-order valence-electron chi connectivity index (χ0n) is 12.3. The van der Waals surface area contributed by atoms with Crippen LogP contribution in [0.4, 0.5) is 13.6 Å². The molecule has 0 bridgehead atoms. The molecule has 0 unspecified atom stereocenters. The monoisotopic (exact) mass is 313 g/mol. The molecular weight excluding hydrogens is 292 g/mol. The standard InChI is InChI=1S/C16H21F2NO3/c17-14(18)13-6-8-16(11-20,9-7-13)19-15(21)22-10-12-4-2-1-3-5-12/h1-5,13-14,20H,6-11H2,(H,19,21). The SMILES string of the molecule is O=C(NC1(CO)CCC(C(F)F)CC1)OCc1ccccc1. The summed E-state index contributed by atoms with van der Waals surface area (Å²) in [5.41, 5.74) is 0.0104. The van der Waals surface area contributed by atoms with E-state index < -0.39 is 24.0 Å². The molecule has 6 heteroatoms. The van der Waals surface area contributed by atoms with Crippen molar-refractivity contribution in [1.29, 1.82) is 0 Å². The summed E-state index contributed by atoms with van der Waals surface area (Å²) >= 11 is 0. The Hall–Kier alpha value is -1.69. The number of ether oxygens (including phenoxy) is 1. The molecule has 4 nitrogen and oxygen atoms in total. The van der Waals surface area contributed by atoms with Crippen LogP contribution in [0.2, 0.25) is 0 Å². The summed E-state index contributed by atoms with van der Waals surface area (Å²) in [6.07, 6.45) is -1.73. The van der Waals surface area contributed by atoms with Gasteiger partial charge < -0.3 is 15.2 Å². The van der Waals surface area contributed by atoms with Crippen LogP contribution in [0.25, 0.3) is 0 Å². The Morgan fingerprint density at radius 2 is 1.95 bits per heavy atom. The van der Waals surface area contributed by atoms with Gasteiger partial charge in [-0.25, -0.2) is 13.6 Å². The number of hydrogen-bond acceptors (Lipinski definition) is 3. The molecule has 0 radical (unpaired) electrons. The summed E-state index contributed by atoms with van der Waals surface area (Å²) in [5, 5.41) is 12.2. The third-order valence-electron chi connectivity index (χ3n) is 4.23. The molecule has 1 aliphatic carbocycles. The quantitative estimate of drug-likeness (QED) is 0.878. The van der Waals surface area contributed by atoms with Gasteiger partial charge in [0.25, 0.3) is 0 Å². The van der Waals surface area contributed by atoms with E-state index in [0.29, 0.717) is 12.8 Å². The number of rotatable bonds is 5. The lowest BCUT2D eigenvalue weighted by molar-refractivity contribution is 0.0198. The first-order valence-electron chi connectivity index (χ1n) is 7.42. The van der Waals surface area contributed by atoms with Crippen LogP contribution >= 0.6 is 0 Å². The molecule has 1 saturated carbocycles. The Balaban J connectivity index is 1.83. The number of benzene rings is 1. The van der Waals surface area contributed by atoms with Gasteiger partial charge in [0.2, 0.25) is 6.43 Å². The lowest BCUT2D eigenvalue weighted by Gasteiger charge is -2.38. The zero-order valence-corrected chi connectivity index (χ0v) is 12.3. The Morgan fingerprint density at radius 1 is 1.32 bits per heavy atom. The van der Waals surface area contributed by atoms with Crippen molar-refractivity contribution in [2.75, 3.05) is 6.61 Å². The maximum atomic E-state index is 12.7. The summed E-state index contributed by atoms with van der Waals surface area (Å²) in [4.78, 5) is 11.9. The van der Waals surface area contributed by atoms with Gasteiger partial charge in [0.15, 0.2) is 0 Å². The number of alkyl halides is 2. The molecule has 2 rings (SSSR count). The minimum atomic E-state index is -2.35. The highest BCUT2D eigenvalue weighted by atomic mass is 19.3. The van der Waals surface area contributed by atoms with Crippen molar-refractivity contribution in [3.63, 3.8) is 0 Å². The number of amides is 1. The zero-order chi connectivity index (χ0) is 16.0. The van der Waals surface area contributed by atoms with E-state index in [2.05, 4.69) is 5.32 Å². The third-order valence-corrected chi connectivity index (χ3v) is 4.23. The molecule has 2 N–H and O–H groups in total. The molecule has 0 aromatic heterocycles. The van der Waals surface area contributed by atoms with Crippen molar-refractivity contribution in [3.8, 4) is 0 Å². The van der Waals surface area contributed by atoms with Crippen molar-refractivity contribution >= 4 is 6.09 Å². The van der Waals surface area contributed by atoms with Gasteiger partial charge in [0, 0.05) is 5.92 Å².